The monoisotopic (exact) mass is 325 g/mol. The first-order valence-electron chi connectivity index (χ1n) is 6.28. The zero-order valence-corrected chi connectivity index (χ0v) is 11.9. The number of carbonyl (C=O) groups is 1. The minimum atomic E-state index is -4.37. The number of thiophene rings is 1. The van der Waals surface area contributed by atoms with Gasteiger partial charge in [-0.2, -0.15) is 18.3 Å². The average Bonchev–Trinajstić information content (AvgIpc) is 3.17. The molecule has 22 heavy (non-hydrogen) atoms. The molecule has 0 atom stereocenters. The summed E-state index contributed by atoms with van der Waals surface area (Å²) in [6, 6.07) is 8.14. The van der Waals surface area contributed by atoms with Gasteiger partial charge in [-0.25, -0.2) is 5.01 Å². The number of hydrogen-bond acceptors (Lipinski definition) is 4. The SMILES string of the molecule is O=C(c1cccs1)N1C=NN(c2ccc(C(F)(F)F)cc2)C1. The van der Waals surface area contributed by atoms with E-state index >= 15 is 0 Å². The van der Waals surface area contributed by atoms with Crippen LogP contribution in [0.5, 0.6) is 0 Å². The number of carbonyl (C=O) groups excluding carboxylic acids is 1. The van der Waals surface area contributed by atoms with Gasteiger partial charge in [-0.3, -0.25) is 9.69 Å². The van der Waals surface area contributed by atoms with Gasteiger partial charge >= 0.3 is 6.18 Å². The Morgan fingerprint density at radius 1 is 1.18 bits per heavy atom. The van der Waals surface area contributed by atoms with Crippen molar-refractivity contribution in [3.63, 3.8) is 0 Å². The first kappa shape index (κ1) is 14.6. The number of anilines is 1. The number of hydrazone groups is 1. The molecule has 0 unspecified atom stereocenters. The molecule has 0 saturated heterocycles. The molecule has 0 radical (unpaired) electrons. The molecule has 0 fully saturated rings. The fourth-order valence-corrected chi connectivity index (χ4v) is 2.65. The van der Waals surface area contributed by atoms with E-state index in [9.17, 15) is 18.0 Å². The second-order valence-electron chi connectivity index (χ2n) is 4.57. The van der Waals surface area contributed by atoms with Gasteiger partial charge < -0.3 is 0 Å². The van der Waals surface area contributed by atoms with E-state index in [2.05, 4.69) is 5.10 Å². The van der Waals surface area contributed by atoms with Crippen molar-refractivity contribution in [1.29, 1.82) is 0 Å². The van der Waals surface area contributed by atoms with E-state index in [4.69, 9.17) is 0 Å². The molecule has 1 aromatic carbocycles. The van der Waals surface area contributed by atoms with Crippen molar-refractivity contribution in [1.82, 2.24) is 4.90 Å². The van der Waals surface area contributed by atoms with E-state index in [1.54, 1.807) is 17.5 Å². The summed E-state index contributed by atoms with van der Waals surface area (Å²) in [7, 11) is 0. The molecular weight excluding hydrogens is 315 g/mol. The summed E-state index contributed by atoms with van der Waals surface area (Å²) >= 11 is 1.32. The van der Waals surface area contributed by atoms with Crippen molar-refractivity contribution in [2.45, 2.75) is 6.18 Å². The highest BCUT2D eigenvalue weighted by atomic mass is 32.1. The van der Waals surface area contributed by atoms with Crippen molar-refractivity contribution in [2.75, 3.05) is 11.7 Å². The summed E-state index contributed by atoms with van der Waals surface area (Å²) in [5.74, 6) is -0.187. The van der Waals surface area contributed by atoms with E-state index in [1.807, 2.05) is 0 Å². The third-order valence-electron chi connectivity index (χ3n) is 3.10. The molecular formula is C14H10F3N3OS. The predicted octanol–water partition coefficient (Wildman–Crippen LogP) is 3.63. The van der Waals surface area contributed by atoms with Gasteiger partial charge in [0.1, 0.15) is 13.0 Å². The van der Waals surface area contributed by atoms with Crippen molar-refractivity contribution < 1.29 is 18.0 Å². The summed E-state index contributed by atoms with van der Waals surface area (Å²) in [5.41, 5.74) is -0.225. The molecule has 114 valence electrons. The maximum Gasteiger partial charge on any atom is 0.416 e. The second kappa shape index (κ2) is 5.45. The minimum absolute atomic E-state index is 0.169. The lowest BCUT2D eigenvalue weighted by molar-refractivity contribution is -0.137. The molecule has 1 aliphatic rings. The van der Waals surface area contributed by atoms with Crippen LogP contribution in [0.1, 0.15) is 15.2 Å². The van der Waals surface area contributed by atoms with Crippen LogP contribution in [-0.4, -0.2) is 23.8 Å². The summed E-state index contributed by atoms with van der Waals surface area (Å²) < 4.78 is 37.6. The molecule has 2 aromatic rings. The highest BCUT2D eigenvalue weighted by Gasteiger charge is 2.30. The maximum atomic E-state index is 12.5. The van der Waals surface area contributed by atoms with Gasteiger partial charge in [0, 0.05) is 0 Å². The van der Waals surface area contributed by atoms with E-state index in [0.29, 0.717) is 10.6 Å². The van der Waals surface area contributed by atoms with Gasteiger partial charge in [0.2, 0.25) is 0 Å². The topological polar surface area (TPSA) is 35.9 Å². The van der Waals surface area contributed by atoms with Gasteiger partial charge in [0.25, 0.3) is 5.91 Å². The van der Waals surface area contributed by atoms with Crippen LogP contribution in [0.3, 0.4) is 0 Å². The Hall–Kier alpha value is -2.35. The lowest BCUT2D eigenvalue weighted by Gasteiger charge is -2.17. The Kier molecular flexibility index (Phi) is 3.61. The molecule has 2 heterocycles. The second-order valence-corrected chi connectivity index (χ2v) is 5.52. The average molecular weight is 325 g/mol. The van der Waals surface area contributed by atoms with Crippen LogP contribution in [0.15, 0.2) is 46.9 Å². The van der Waals surface area contributed by atoms with Crippen LogP contribution in [0.2, 0.25) is 0 Å². The zero-order valence-electron chi connectivity index (χ0n) is 11.1. The summed E-state index contributed by atoms with van der Waals surface area (Å²) in [4.78, 5) is 14.1. The van der Waals surface area contributed by atoms with Crippen molar-refractivity contribution in [2.24, 2.45) is 5.10 Å². The number of benzene rings is 1. The lowest BCUT2D eigenvalue weighted by atomic mass is 10.2. The highest BCUT2D eigenvalue weighted by Crippen LogP contribution is 2.31. The van der Waals surface area contributed by atoms with Gasteiger partial charge in [-0.05, 0) is 35.7 Å². The smallest absolute Gasteiger partial charge is 0.276 e. The molecule has 4 nitrogen and oxygen atoms in total. The van der Waals surface area contributed by atoms with Gasteiger partial charge in [-0.1, -0.05) is 6.07 Å². The minimum Gasteiger partial charge on any atom is -0.276 e. The largest absolute Gasteiger partial charge is 0.416 e. The first-order chi connectivity index (χ1) is 10.4. The van der Waals surface area contributed by atoms with E-state index < -0.39 is 11.7 Å². The van der Waals surface area contributed by atoms with Crippen LogP contribution in [-0.2, 0) is 6.18 Å². The normalized spacial score (nSPS) is 14.7. The quantitative estimate of drug-likeness (QED) is 0.845. The third-order valence-corrected chi connectivity index (χ3v) is 3.96. The van der Waals surface area contributed by atoms with Crippen molar-refractivity contribution in [3.8, 4) is 0 Å². The maximum absolute atomic E-state index is 12.5. The number of halogens is 3. The lowest BCUT2D eigenvalue weighted by Crippen LogP contribution is -2.31. The summed E-state index contributed by atoms with van der Waals surface area (Å²) in [5, 5.41) is 7.31. The number of alkyl halides is 3. The Morgan fingerprint density at radius 3 is 2.50 bits per heavy atom. The number of amides is 1. The Morgan fingerprint density at radius 2 is 1.91 bits per heavy atom. The van der Waals surface area contributed by atoms with E-state index in [0.717, 1.165) is 12.1 Å². The molecule has 0 saturated carbocycles. The van der Waals surface area contributed by atoms with Crippen LogP contribution in [0.4, 0.5) is 18.9 Å². The zero-order chi connectivity index (χ0) is 15.7. The first-order valence-corrected chi connectivity index (χ1v) is 7.16. The van der Waals surface area contributed by atoms with Gasteiger partial charge in [0.15, 0.2) is 0 Å². The van der Waals surface area contributed by atoms with Crippen molar-refractivity contribution >= 4 is 29.3 Å². The Balaban J connectivity index is 1.71. The Bertz CT molecular complexity index is 695. The molecule has 0 aliphatic carbocycles. The number of hydrogen-bond donors (Lipinski definition) is 0. The standard InChI is InChI=1S/C14H10F3N3OS/c15-14(16,17)10-3-5-11(6-4-10)20-9-19(8-18-20)13(21)12-2-1-7-22-12/h1-8H,9H2. The van der Waals surface area contributed by atoms with Crippen LogP contribution in [0.25, 0.3) is 0 Å². The summed E-state index contributed by atoms with van der Waals surface area (Å²) in [6.07, 6.45) is -2.99. The molecule has 1 amide bonds. The molecule has 0 bridgehead atoms. The van der Waals surface area contributed by atoms with Crippen LogP contribution >= 0.6 is 11.3 Å². The molecule has 0 spiro atoms. The van der Waals surface area contributed by atoms with Crippen LogP contribution in [0, 0.1) is 0 Å². The number of nitrogens with zero attached hydrogens (tertiary/aromatic N) is 3. The van der Waals surface area contributed by atoms with Crippen LogP contribution < -0.4 is 5.01 Å². The number of rotatable bonds is 2. The fourth-order valence-electron chi connectivity index (χ4n) is 1.97. The van der Waals surface area contributed by atoms with Gasteiger partial charge in [0.05, 0.1) is 16.1 Å². The Labute approximate surface area is 128 Å². The van der Waals surface area contributed by atoms with E-state index in [-0.39, 0.29) is 12.6 Å². The fraction of sp³-hybridized carbons (Fsp3) is 0.143. The molecule has 1 aromatic heterocycles. The highest BCUT2D eigenvalue weighted by molar-refractivity contribution is 7.12. The van der Waals surface area contributed by atoms with Crippen molar-refractivity contribution in [3.05, 3.63) is 52.2 Å². The predicted molar refractivity (Wildman–Crippen MR) is 77.8 cm³/mol. The molecule has 0 N–H and O–H groups in total. The molecule has 3 rings (SSSR count). The summed E-state index contributed by atoms with van der Waals surface area (Å²) in [6.45, 7) is 0.169. The third kappa shape index (κ3) is 2.82. The van der Waals surface area contributed by atoms with E-state index in [1.165, 1.54) is 39.7 Å². The van der Waals surface area contributed by atoms with Gasteiger partial charge in [-0.15, -0.1) is 11.3 Å². The molecule has 1 aliphatic heterocycles. The molecule has 8 heteroatoms.